The molecule has 2 aromatic carbocycles. The van der Waals surface area contributed by atoms with Crippen LogP contribution in [0.3, 0.4) is 0 Å². The van der Waals surface area contributed by atoms with Crippen LogP contribution in [0.2, 0.25) is 0 Å². The van der Waals surface area contributed by atoms with E-state index in [4.69, 9.17) is 9.47 Å². The number of nitrogens with zero attached hydrogens (tertiary/aromatic N) is 1. The van der Waals surface area contributed by atoms with Crippen LogP contribution in [0.4, 0.5) is 0 Å². The second kappa shape index (κ2) is 8.27. The monoisotopic (exact) mass is 371 g/mol. The van der Waals surface area contributed by atoms with Gasteiger partial charge >= 0.3 is 0 Å². The molecule has 0 radical (unpaired) electrons. The molecular formula is C19H17NO3S2. The van der Waals surface area contributed by atoms with Gasteiger partial charge in [-0.05, 0) is 47.4 Å². The van der Waals surface area contributed by atoms with Crippen molar-refractivity contribution < 1.29 is 14.3 Å². The third kappa shape index (κ3) is 4.46. The van der Waals surface area contributed by atoms with E-state index in [0.29, 0.717) is 23.8 Å². The van der Waals surface area contributed by atoms with Gasteiger partial charge in [-0.25, -0.2) is 4.99 Å². The van der Waals surface area contributed by atoms with Gasteiger partial charge < -0.3 is 9.47 Å². The third-order valence-electron chi connectivity index (χ3n) is 3.50. The van der Waals surface area contributed by atoms with Crippen molar-refractivity contribution in [1.29, 1.82) is 0 Å². The number of carbonyl (C=O) groups excluding carboxylic acids is 1. The molecule has 2 aromatic rings. The molecule has 25 heavy (non-hydrogen) atoms. The predicted molar refractivity (Wildman–Crippen MR) is 105 cm³/mol. The number of thioether (sulfide) groups is 2. The highest BCUT2D eigenvalue weighted by molar-refractivity contribution is 8.45. The van der Waals surface area contributed by atoms with Crippen LogP contribution in [0.1, 0.15) is 11.1 Å². The minimum Gasteiger partial charge on any atom is -0.493 e. The molecule has 0 N–H and O–H groups in total. The predicted octanol–water partition coefficient (Wildman–Crippen LogP) is 4.61. The van der Waals surface area contributed by atoms with E-state index in [1.165, 1.54) is 11.8 Å². The molecule has 6 heteroatoms. The van der Waals surface area contributed by atoms with Crippen LogP contribution in [0.15, 0.2) is 59.2 Å². The summed E-state index contributed by atoms with van der Waals surface area (Å²) in [5.41, 5.74) is 2.39. The van der Waals surface area contributed by atoms with Crippen LogP contribution in [0, 0.1) is 0 Å². The molecule has 0 unspecified atom stereocenters. The van der Waals surface area contributed by atoms with Gasteiger partial charge in [-0.15, -0.1) is 11.8 Å². The number of hydrogen-bond donors (Lipinski definition) is 0. The summed E-state index contributed by atoms with van der Waals surface area (Å²) in [6.45, 7) is 0.466. The quantitative estimate of drug-likeness (QED) is 0.719. The molecule has 0 aromatic heterocycles. The molecule has 128 valence electrons. The number of ether oxygens (including phenoxy) is 2. The Balaban J connectivity index is 1.78. The Labute approximate surface area is 155 Å². The van der Waals surface area contributed by atoms with Gasteiger partial charge in [-0.1, -0.05) is 36.4 Å². The highest BCUT2D eigenvalue weighted by atomic mass is 32.2. The van der Waals surface area contributed by atoms with Gasteiger partial charge in [0.15, 0.2) is 11.5 Å². The van der Waals surface area contributed by atoms with Gasteiger partial charge in [-0.3, -0.25) is 4.79 Å². The Morgan fingerprint density at radius 1 is 1.16 bits per heavy atom. The van der Waals surface area contributed by atoms with E-state index in [1.54, 1.807) is 13.2 Å². The Hall–Kier alpha value is -2.18. The van der Waals surface area contributed by atoms with Crippen molar-refractivity contribution >= 4 is 39.1 Å². The summed E-state index contributed by atoms with van der Waals surface area (Å²) in [5, 5.41) is -0.0345. The smallest absolute Gasteiger partial charge is 0.244 e. The van der Waals surface area contributed by atoms with E-state index >= 15 is 0 Å². The second-order valence-electron chi connectivity index (χ2n) is 5.19. The first kappa shape index (κ1) is 17.6. The largest absolute Gasteiger partial charge is 0.493 e. The molecule has 4 nitrogen and oxygen atoms in total. The molecule has 0 spiro atoms. The van der Waals surface area contributed by atoms with Gasteiger partial charge in [0, 0.05) is 0 Å². The van der Waals surface area contributed by atoms with Gasteiger partial charge in [0.05, 0.1) is 7.11 Å². The SMILES string of the molecule is COc1cc(/C=C2/N=C(SC)SC2=O)ccc1OCc1ccccc1. The number of rotatable bonds is 5. The van der Waals surface area contributed by atoms with Crippen LogP contribution >= 0.6 is 23.5 Å². The van der Waals surface area contributed by atoms with E-state index in [-0.39, 0.29) is 5.12 Å². The lowest BCUT2D eigenvalue weighted by Crippen LogP contribution is -1.98. The van der Waals surface area contributed by atoms with Crippen molar-refractivity contribution in [2.75, 3.05) is 13.4 Å². The zero-order valence-electron chi connectivity index (χ0n) is 13.9. The van der Waals surface area contributed by atoms with Crippen molar-refractivity contribution in [2.24, 2.45) is 4.99 Å². The van der Waals surface area contributed by atoms with Gasteiger partial charge in [-0.2, -0.15) is 0 Å². The number of carbonyl (C=O) groups is 1. The maximum absolute atomic E-state index is 11.9. The zero-order chi connectivity index (χ0) is 17.6. The van der Waals surface area contributed by atoms with Crippen LogP contribution < -0.4 is 9.47 Å². The van der Waals surface area contributed by atoms with Crippen LogP contribution in [-0.4, -0.2) is 22.9 Å². The number of benzene rings is 2. The third-order valence-corrected chi connectivity index (χ3v) is 5.35. The number of methoxy groups -OCH3 is 1. The molecule has 1 aliphatic rings. The molecule has 0 atom stereocenters. The Morgan fingerprint density at radius 2 is 1.96 bits per heavy atom. The first-order chi connectivity index (χ1) is 12.2. The summed E-state index contributed by atoms with van der Waals surface area (Å²) >= 11 is 2.63. The van der Waals surface area contributed by atoms with Gasteiger partial charge in [0.1, 0.15) is 16.7 Å². The highest BCUT2D eigenvalue weighted by Crippen LogP contribution is 2.33. The van der Waals surface area contributed by atoms with Gasteiger partial charge in [0.25, 0.3) is 0 Å². The maximum atomic E-state index is 11.9. The average molecular weight is 371 g/mol. The van der Waals surface area contributed by atoms with Crippen molar-refractivity contribution in [3.8, 4) is 11.5 Å². The molecule has 0 saturated carbocycles. The minimum absolute atomic E-state index is 0.0345. The molecule has 0 amide bonds. The maximum Gasteiger partial charge on any atom is 0.244 e. The zero-order valence-corrected chi connectivity index (χ0v) is 15.5. The molecule has 1 aliphatic heterocycles. The van der Waals surface area contributed by atoms with E-state index < -0.39 is 0 Å². The van der Waals surface area contributed by atoms with Crippen LogP contribution in [-0.2, 0) is 11.4 Å². The van der Waals surface area contributed by atoms with Crippen molar-refractivity contribution in [3.63, 3.8) is 0 Å². The number of aliphatic imine (C=N–C) groups is 1. The normalized spacial score (nSPS) is 15.4. The summed E-state index contributed by atoms with van der Waals surface area (Å²) in [6, 6.07) is 15.5. The molecule has 0 aliphatic carbocycles. The summed E-state index contributed by atoms with van der Waals surface area (Å²) in [7, 11) is 1.60. The van der Waals surface area contributed by atoms with Crippen molar-refractivity contribution in [2.45, 2.75) is 6.61 Å². The molecule has 0 fully saturated rings. The summed E-state index contributed by atoms with van der Waals surface area (Å²) in [6.07, 6.45) is 3.67. The fraction of sp³-hybridized carbons (Fsp3) is 0.158. The summed E-state index contributed by atoms with van der Waals surface area (Å²) < 4.78 is 12.0. The lowest BCUT2D eigenvalue weighted by Gasteiger charge is -2.11. The standard InChI is InChI=1S/C19H17NO3S2/c1-22-17-11-14(10-15-18(21)25-19(20-15)24-2)8-9-16(17)23-12-13-6-4-3-5-7-13/h3-11H,12H2,1-2H3/b15-10+. The minimum atomic E-state index is -0.0345. The summed E-state index contributed by atoms with van der Waals surface area (Å²) in [5.74, 6) is 1.28. The van der Waals surface area contributed by atoms with E-state index in [9.17, 15) is 4.79 Å². The first-order valence-corrected chi connectivity index (χ1v) is 9.65. The van der Waals surface area contributed by atoms with Crippen molar-refractivity contribution in [1.82, 2.24) is 0 Å². The van der Waals surface area contributed by atoms with Crippen LogP contribution in [0.5, 0.6) is 11.5 Å². The molecule has 0 saturated heterocycles. The van der Waals surface area contributed by atoms with Gasteiger partial charge in [0.2, 0.25) is 5.12 Å². The molecular weight excluding hydrogens is 354 g/mol. The van der Waals surface area contributed by atoms with E-state index in [2.05, 4.69) is 4.99 Å². The fourth-order valence-electron chi connectivity index (χ4n) is 2.26. The van der Waals surface area contributed by atoms with E-state index in [0.717, 1.165) is 27.3 Å². The lowest BCUT2D eigenvalue weighted by atomic mass is 10.1. The fourth-order valence-corrected chi connectivity index (χ4v) is 3.53. The Kier molecular flexibility index (Phi) is 5.83. The first-order valence-electron chi connectivity index (χ1n) is 7.61. The lowest BCUT2D eigenvalue weighted by molar-refractivity contribution is -0.107. The van der Waals surface area contributed by atoms with Crippen LogP contribution in [0.25, 0.3) is 6.08 Å². The summed E-state index contributed by atoms with van der Waals surface area (Å²) in [4.78, 5) is 16.3. The highest BCUT2D eigenvalue weighted by Gasteiger charge is 2.21. The molecule has 3 rings (SSSR count). The number of hydrogen-bond acceptors (Lipinski definition) is 6. The topological polar surface area (TPSA) is 47.9 Å². The second-order valence-corrected chi connectivity index (χ2v) is 7.20. The van der Waals surface area contributed by atoms with E-state index in [1.807, 2.05) is 54.8 Å². The Morgan fingerprint density at radius 3 is 2.64 bits per heavy atom. The molecule has 0 bridgehead atoms. The molecule has 1 heterocycles. The Bertz CT molecular complexity index is 832. The average Bonchev–Trinajstić information content (AvgIpc) is 3.01. The van der Waals surface area contributed by atoms with Crippen molar-refractivity contribution in [3.05, 3.63) is 65.4 Å².